The molecule has 20 heavy (non-hydrogen) atoms. The number of carboxylic acid groups (broad SMARTS) is 1. The number of carboxylic acids is 1. The van der Waals surface area contributed by atoms with Crippen LogP contribution in [0.25, 0.3) is 0 Å². The van der Waals surface area contributed by atoms with Crippen LogP contribution in [0.2, 0.25) is 0 Å². The third kappa shape index (κ3) is 2.64. The fourth-order valence-corrected chi connectivity index (χ4v) is 2.19. The fraction of sp³-hybridized carbons (Fsp3) is 0.357. The van der Waals surface area contributed by atoms with Gasteiger partial charge in [0.2, 0.25) is 5.91 Å². The minimum Gasteiger partial charge on any atom is -0.550 e. The molecule has 0 unspecified atom stereocenters. The Hall–Kier alpha value is -2.37. The lowest BCUT2D eigenvalue weighted by molar-refractivity contribution is -0.310. The highest BCUT2D eigenvalue weighted by Gasteiger charge is 2.33. The molecule has 1 aliphatic heterocycles. The molecule has 0 radical (unpaired) electrons. The van der Waals surface area contributed by atoms with Crippen molar-refractivity contribution in [1.82, 2.24) is 0 Å². The Labute approximate surface area is 115 Å². The molecule has 1 saturated heterocycles. The number of nitrogens with zero attached hydrogens (tertiary/aromatic N) is 1. The van der Waals surface area contributed by atoms with Crippen LogP contribution >= 0.6 is 0 Å². The van der Waals surface area contributed by atoms with Crippen molar-refractivity contribution in [1.29, 1.82) is 0 Å². The molecule has 2 rings (SSSR count). The van der Waals surface area contributed by atoms with Crippen molar-refractivity contribution in [2.75, 3.05) is 18.1 Å². The van der Waals surface area contributed by atoms with Gasteiger partial charge in [0.25, 0.3) is 0 Å². The highest BCUT2D eigenvalue weighted by Crippen LogP contribution is 2.28. The summed E-state index contributed by atoms with van der Waals surface area (Å²) < 4.78 is 4.93. The summed E-state index contributed by atoms with van der Waals surface area (Å²) in [6.45, 7) is 1.92. The summed E-state index contributed by atoms with van der Waals surface area (Å²) in [4.78, 5) is 35.9. The molecule has 6 heteroatoms. The maximum atomic E-state index is 11.9. The summed E-state index contributed by atoms with van der Waals surface area (Å²) in [5, 5.41) is 10.9. The number of esters is 1. The van der Waals surface area contributed by atoms with Gasteiger partial charge in [-0.2, -0.15) is 0 Å². The van der Waals surface area contributed by atoms with Crippen LogP contribution in [0.15, 0.2) is 24.3 Å². The number of aliphatic carboxylic acids is 1. The van der Waals surface area contributed by atoms with Gasteiger partial charge in [-0.05, 0) is 19.1 Å². The highest BCUT2D eigenvalue weighted by atomic mass is 16.5. The first-order valence-corrected chi connectivity index (χ1v) is 6.32. The van der Waals surface area contributed by atoms with Crippen LogP contribution in [0.4, 0.5) is 5.69 Å². The van der Waals surface area contributed by atoms with Crippen molar-refractivity contribution in [2.45, 2.75) is 13.3 Å². The summed E-state index contributed by atoms with van der Waals surface area (Å²) in [6, 6.07) is 6.49. The molecule has 1 heterocycles. The van der Waals surface area contributed by atoms with Gasteiger partial charge in [-0.15, -0.1) is 0 Å². The van der Waals surface area contributed by atoms with Gasteiger partial charge in [0.05, 0.1) is 17.9 Å². The lowest BCUT2D eigenvalue weighted by Crippen LogP contribution is -2.34. The number of para-hydroxylation sites is 1. The molecule has 1 atom stereocenters. The molecule has 0 bridgehead atoms. The average Bonchev–Trinajstić information content (AvgIpc) is 2.81. The summed E-state index contributed by atoms with van der Waals surface area (Å²) >= 11 is 0. The smallest absolute Gasteiger partial charge is 0.340 e. The normalized spacial score (nSPS) is 18.1. The first-order valence-electron chi connectivity index (χ1n) is 6.32. The van der Waals surface area contributed by atoms with Gasteiger partial charge >= 0.3 is 5.97 Å². The second-order valence-electron chi connectivity index (χ2n) is 4.46. The molecule has 0 spiro atoms. The zero-order valence-electron chi connectivity index (χ0n) is 11.0. The Balaban J connectivity index is 2.31. The molecule has 6 nitrogen and oxygen atoms in total. The van der Waals surface area contributed by atoms with Gasteiger partial charge in [0.1, 0.15) is 0 Å². The van der Waals surface area contributed by atoms with E-state index in [1.54, 1.807) is 31.2 Å². The number of carbonyl (C=O) groups is 3. The Morgan fingerprint density at radius 1 is 1.40 bits per heavy atom. The maximum absolute atomic E-state index is 11.9. The number of amides is 1. The first-order chi connectivity index (χ1) is 9.54. The number of carbonyl (C=O) groups excluding carboxylic acids is 3. The van der Waals surface area contributed by atoms with Crippen LogP contribution in [0, 0.1) is 5.92 Å². The van der Waals surface area contributed by atoms with Gasteiger partial charge in [-0.25, -0.2) is 4.79 Å². The van der Waals surface area contributed by atoms with E-state index < -0.39 is 17.9 Å². The molecule has 0 aliphatic carbocycles. The summed E-state index contributed by atoms with van der Waals surface area (Å²) in [7, 11) is 0. The van der Waals surface area contributed by atoms with Gasteiger partial charge < -0.3 is 19.5 Å². The van der Waals surface area contributed by atoms with Crippen LogP contribution in [0.1, 0.15) is 23.7 Å². The number of hydrogen-bond donors (Lipinski definition) is 0. The van der Waals surface area contributed by atoms with Crippen molar-refractivity contribution >= 4 is 23.5 Å². The zero-order valence-corrected chi connectivity index (χ0v) is 11.0. The van der Waals surface area contributed by atoms with E-state index in [9.17, 15) is 19.5 Å². The van der Waals surface area contributed by atoms with Crippen molar-refractivity contribution in [3.8, 4) is 0 Å². The number of hydrogen-bond acceptors (Lipinski definition) is 5. The molecule has 1 aromatic rings. The minimum absolute atomic E-state index is 0.0115. The van der Waals surface area contributed by atoms with Gasteiger partial charge in [0.15, 0.2) is 0 Å². The monoisotopic (exact) mass is 276 g/mol. The third-order valence-electron chi connectivity index (χ3n) is 3.15. The van der Waals surface area contributed by atoms with Gasteiger partial charge in [-0.1, -0.05) is 12.1 Å². The van der Waals surface area contributed by atoms with Crippen LogP contribution < -0.4 is 10.0 Å². The van der Waals surface area contributed by atoms with E-state index in [4.69, 9.17) is 4.74 Å². The Bertz CT molecular complexity index is 554. The minimum atomic E-state index is -1.26. The molecule has 106 valence electrons. The molecule has 1 fully saturated rings. The predicted octanol–water partition coefficient (Wildman–Crippen LogP) is -0.0339. The average molecular weight is 276 g/mol. The summed E-state index contributed by atoms with van der Waals surface area (Å²) in [5.74, 6) is -2.98. The quantitative estimate of drug-likeness (QED) is 0.720. The molecule has 0 aromatic heterocycles. The summed E-state index contributed by atoms with van der Waals surface area (Å²) in [6.07, 6.45) is -0.112. The summed E-state index contributed by atoms with van der Waals surface area (Å²) in [5.41, 5.74) is 0.626. The Kier molecular flexibility index (Phi) is 4.02. The van der Waals surface area contributed by atoms with E-state index >= 15 is 0 Å². The molecule has 0 saturated carbocycles. The molecule has 1 aromatic carbocycles. The molecular weight excluding hydrogens is 262 g/mol. The number of ether oxygens (including phenoxy) is 1. The fourth-order valence-electron chi connectivity index (χ4n) is 2.19. The Morgan fingerprint density at radius 3 is 2.70 bits per heavy atom. The first kappa shape index (κ1) is 14.0. The van der Waals surface area contributed by atoms with Gasteiger partial charge in [-0.3, -0.25) is 4.79 Å². The SMILES string of the molecule is CCOC(=O)c1ccccc1N1C[C@@H](C(=O)[O-])CC1=O. The van der Waals surface area contributed by atoms with Crippen LogP contribution in [0.3, 0.4) is 0 Å². The van der Waals surface area contributed by atoms with Crippen molar-refractivity contribution in [3.63, 3.8) is 0 Å². The molecule has 1 aliphatic rings. The standard InChI is InChI=1S/C14H15NO5/c1-2-20-14(19)10-5-3-4-6-11(10)15-8-9(13(17)18)7-12(15)16/h3-6,9H,2,7-8H2,1H3,(H,17,18)/p-1/t9-/m0/s1. The van der Waals surface area contributed by atoms with E-state index in [0.717, 1.165) is 0 Å². The Morgan fingerprint density at radius 2 is 2.10 bits per heavy atom. The van der Waals surface area contributed by atoms with E-state index in [-0.39, 0.29) is 31.0 Å². The third-order valence-corrected chi connectivity index (χ3v) is 3.15. The number of benzene rings is 1. The number of rotatable bonds is 4. The van der Waals surface area contributed by atoms with E-state index in [0.29, 0.717) is 5.69 Å². The lowest BCUT2D eigenvalue weighted by atomic mass is 10.1. The largest absolute Gasteiger partial charge is 0.550 e. The molecule has 0 N–H and O–H groups in total. The van der Waals surface area contributed by atoms with Crippen molar-refractivity contribution in [3.05, 3.63) is 29.8 Å². The van der Waals surface area contributed by atoms with Crippen LogP contribution in [-0.2, 0) is 14.3 Å². The van der Waals surface area contributed by atoms with E-state index in [1.165, 1.54) is 4.90 Å². The topological polar surface area (TPSA) is 86.7 Å². The second kappa shape index (κ2) is 5.73. The van der Waals surface area contributed by atoms with Crippen molar-refractivity contribution < 1.29 is 24.2 Å². The maximum Gasteiger partial charge on any atom is 0.340 e. The zero-order chi connectivity index (χ0) is 14.7. The van der Waals surface area contributed by atoms with Gasteiger partial charge in [0, 0.05) is 24.9 Å². The van der Waals surface area contributed by atoms with E-state index in [1.807, 2.05) is 0 Å². The van der Waals surface area contributed by atoms with Crippen LogP contribution in [-0.4, -0.2) is 31.0 Å². The molecular formula is C14H14NO5-. The van der Waals surface area contributed by atoms with E-state index in [2.05, 4.69) is 0 Å². The van der Waals surface area contributed by atoms with Crippen molar-refractivity contribution in [2.24, 2.45) is 5.92 Å². The molecule has 1 amide bonds. The lowest BCUT2D eigenvalue weighted by Gasteiger charge is -2.19. The van der Waals surface area contributed by atoms with Crippen LogP contribution in [0.5, 0.6) is 0 Å². The number of anilines is 1. The highest BCUT2D eigenvalue weighted by molar-refractivity contribution is 6.05. The second-order valence-corrected chi connectivity index (χ2v) is 4.46. The predicted molar refractivity (Wildman–Crippen MR) is 67.9 cm³/mol.